The van der Waals surface area contributed by atoms with Crippen LogP contribution in [0.3, 0.4) is 0 Å². The maximum atomic E-state index is 13.3. The molecule has 180 valence electrons. The summed E-state index contributed by atoms with van der Waals surface area (Å²) < 4.78 is 13.3. The van der Waals surface area contributed by atoms with E-state index in [9.17, 15) is 4.39 Å². The normalized spacial score (nSPS) is 36.0. The smallest absolute Gasteiger partial charge is 0.100 e. The summed E-state index contributed by atoms with van der Waals surface area (Å²) in [6.07, 6.45) is 30.2. The highest BCUT2D eigenvalue weighted by molar-refractivity contribution is 4.93. The molecule has 3 aliphatic rings. The van der Waals surface area contributed by atoms with Crippen LogP contribution in [0.1, 0.15) is 136 Å². The molecule has 0 spiro atoms. The summed E-state index contributed by atoms with van der Waals surface area (Å²) in [5.41, 5.74) is 0. The number of rotatable bonds is 11. The molecular formula is C30H53F. The lowest BCUT2D eigenvalue weighted by molar-refractivity contribution is 0.107. The fourth-order valence-corrected chi connectivity index (χ4v) is 7.30. The molecule has 3 aliphatic carbocycles. The van der Waals surface area contributed by atoms with E-state index < -0.39 is 6.17 Å². The Morgan fingerprint density at radius 3 is 1.74 bits per heavy atom. The molecule has 3 rings (SSSR count). The minimum atomic E-state index is -0.601. The zero-order chi connectivity index (χ0) is 21.9. The first-order valence-corrected chi connectivity index (χ1v) is 14.5. The van der Waals surface area contributed by atoms with Crippen molar-refractivity contribution in [1.82, 2.24) is 0 Å². The minimum absolute atomic E-state index is 0.601. The molecule has 1 unspecified atom stereocenters. The van der Waals surface area contributed by atoms with Crippen molar-refractivity contribution >= 4 is 0 Å². The number of allylic oxidation sites excluding steroid dienone is 2. The van der Waals surface area contributed by atoms with Crippen molar-refractivity contribution in [1.29, 1.82) is 0 Å². The molecule has 0 saturated heterocycles. The molecule has 0 heterocycles. The summed E-state index contributed by atoms with van der Waals surface area (Å²) in [7, 11) is 0. The fraction of sp³-hybridized carbons (Fsp3) is 0.933. The molecule has 3 saturated carbocycles. The molecule has 1 heteroatoms. The van der Waals surface area contributed by atoms with E-state index in [1.807, 2.05) is 6.92 Å². The molecule has 0 bridgehead atoms. The quantitative estimate of drug-likeness (QED) is 0.225. The van der Waals surface area contributed by atoms with Gasteiger partial charge in [-0.05, 0) is 119 Å². The maximum Gasteiger partial charge on any atom is 0.100 e. The first-order valence-electron chi connectivity index (χ1n) is 14.5. The lowest BCUT2D eigenvalue weighted by Gasteiger charge is -2.41. The summed E-state index contributed by atoms with van der Waals surface area (Å²) in [5, 5.41) is 0. The van der Waals surface area contributed by atoms with Gasteiger partial charge in [0.25, 0.3) is 0 Å². The van der Waals surface area contributed by atoms with Crippen LogP contribution < -0.4 is 0 Å². The van der Waals surface area contributed by atoms with E-state index in [1.165, 1.54) is 89.9 Å². The predicted octanol–water partition coefficient (Wildman–Crippen LogP) is 10.1. The van der Waals surface area contributed by atoms with Crippen molar-refractivity contribution in [2.75, 3.05) is 0 Å². The van der Waals surface area contributed by atoms with Crippen LogP contribution in [0.2, 0.25) is 0 Å². The third-order valence-electron chi connectivity index (χ3n) is 9.57. The lowest BCUT2D eigenvalue weighted by atomic mass is 9.65. The number of hydrogen-bond donors (Lipinski definition) is 0. The lowest BCUT2D eigenvalue weighted by Crippen LogP contribution is -2.29. The third kappa shape index (κ3) is 8.51. The van der Waals surface area contributed by atoms with Gasteiger partial charge in [-0.25, -0.2) is 4.39 Å². The van der Waals surface area contributed by atoms with Gasteiger partial charge in [0.05, 0.1) is 0 Å². The number of unbranched alkanes of at least 4 members (excludes halogenated alkanes) is 2. The van der Waals surface area contributed by atoms with Crippen LogP contribution in [0.5, 0.6) is 0 Å². The molecule has 31 heavy (non-hydrogen) atoms. The largest absolute Gasteiger partial charge is 0.247 e. The van der Waals surface area contributed by atoms with Gasteiger partial charge in [0.15, 0.2) is 0 Å². The van der Waals surface area contributed by atoms with Crippen molar-refractivity contribution in [3.05, 3.63) is 12.2 Å². The van der Waals surface area contributed by atoms with Crippen molar-refractivity contribution in [2.24, 2.45) is 35.5 Å². The van der Waals surface area contributed by atoms with E-state index in [0.717, 1.165) is 41.9 Å². The van der Waals surface area contributed by atoms with Crippen LogP contribution in [-0.2, 0) is 0 Å². The Balaban J connectivity index is 1.28. The van der Waals surface area contributed by atoms with Crippen molar-refractivity contribution in [3.8, 4) is 0 Å². The van der Waals surface area contributed by atoms with Gasteiger partial charge >= 0.3 is 0 Å². The van der Waals surface area contributed by atoms with E-state index in [2.05, 4.69) is 19.1 Å². The molecule has 0 aromatic rings. The van der Waals surface area contributed by atoms with Crippen LogP contribution in [-0.4, -0.2) is 6.17 Å². The molecule has 0 aromatic carbocycles. The molecule has 1 atom stereocenters. The highest BCUT2D eigenvalue weighted by atomic mass is 19.1. The molecule has 0 N–H and O–H groups in total. The Labute approximate surface area is 194 Å². The van der Waals surface area contributed by atoms with Crippen molar-refractivity contribution in [3.63, 3.8) is 0 Å². The van der Waals surface area contributed by atoms with Crippen LogP contribution in [0.4, 0.5) is 4.39 Å². The predicted molar refractivity (Wildman–Crippen MR) is 134 cm³/mol. The van der Waals surface area contributed by atoms with Crippen molar-refractivity contribution < 1.29 is 4.39 Å². The Hall–Kier alpha value is -0.330. The molecular weight excluding hydrogens is 379 g/mol. The van der Waals surface area contributed by atoms with E-state index in [4.69, 9.17) is 0 Å². The Morgan fingerprint density at radius 2 is 1.23 bits per heavy atom. The Morgan fingerprint density at radius 1 is 0.710 bits per heavy atom. The SMILES string of the molecule is CCCCCC1CCC(C2CCC(C3CCC(/C=C/CCC(F)CC)CC3)CC2)CC1. The highest BCUT2D eigenvalue weighted by Gasteiger charge is 2.34. The second-order valence-corrected chi connectivity index (χ2v) is 11.6. The molecule has 0 aromatic heterocycles. The number of halogens is 1. The zero-order valence-electron chi connectivity index (χ0n) is 21.0. The standard InChI is InChI=1S/C30H53F/c1-3-5-6-9-24-12-16-26(17-13-24)28-20-22-29(23-21-28)27-18-14-25(15-19-27)10-7-8-11-30(31)4-2/h7,10,24-30H,3-6,8-9,11-23H2,1-2H3/b10-7+. The molecule has 0 aliphatic heterocycles. The number of hydrogen-bond acceptors (Lipinski definition) is 0. The molecule has 0 amide bonds. The third-order valence-corrected chi connectivity index (χ3v) is 9.57. The summed E-state index contributed by atoms with van der Waals surface area (Å²) in [5.74, 6) is 6.02. The second kappa shape index (κ2) is 14.0. The average molecular weight is 433 g/mol. The van der Waals surface area contributed by atoms with Gasteiger partial charge in [-0.15, -0.1) is 0 Å². The molecule has 3 fully saturated rings. The minimum Gasteiger partial charge on any atom is -0.247 e. The van der Waals surface area contributed by atoms with Crippen molar-refractivity contribution in [2.45, 2.75) is 142 Å². The monoisotopic (exact) mass is 432 g/mol. The van der Waals surface area contributed by atoms with Crippen LogP contribution >= 0.6 is 0 Å². The summed E-state index contributed by atoms with van der Waals surface area (Å²) >= 11 is 0. The van der Waals surface area contributed by atoms with Gasteiger partial charge in [0.2, 0.25) is 0 Å². The van der Waals surface area contributed by atoms with Gasteiger partial charge in [-0.3, -0.25) is 0 Å². The first kappa shape index (κ1) is 25.3. The van der Waals surface area contributed by atoms with Gasteiger partial charge in [-0.1, -0.05) is 64.5 Å². The van der Waals surface area contributed by atoms with Gasteiger partial charge < -0.3 is 0 Å². The highest BCUT2D eigenvalue weighted by Crippen LogP contribution is 2.46. The summed E-state index contributed by atoms with van der Waals surface area (Å²) in [6, 6.07) is 0. The maximum absolute atomic E-state index is 13.3. The van der Waals surface area contributed by atoms with E-state index >= 15 is 0 Å². The Kier molecular flexibility index (Phi) is 11.5. The van der Waals surface area contributed by atoms with E-state index in [1.54, 1.807) is 12.8 Å². The molecule has 0 nitrogen and oxygen atoms in total. The van der Waals surface area contributed by atoms with Crippen LogP contribution in [0.15, 0.2) is 12.2 Å². The zero-order valence-corrected chi connectivity index (χ0v) is 21.0. The topological polar surface area (TPSA) is 0 Å². The first-order chi connectivity index (χ1) is 15.2. The van der Waals surface area contributed by atoms with Crippen LogP contribution in [0.25, 0.3) is 0 Å². The molecule has 0 radical (unpaired) electrons. The Bertz CT molecular complexity index is 473. The fourth-order valence-electron chi connectivity index (χ4n) is 7.30. The summed E-state index contributed by atoms with van der Waals surface area (Å²) in [4.78, 5) is 0. The summed E-state index contributed by atoms with van der Waals surface area (Å²) in [6.45, 7) is 4.28. The van der Waals surface area contributed by atoms with Gasteiger partial charge in [0, 0.05) is 0 Å². The van der Waals surface area contributed by atoms with Gasteiger partial charge in [-0.2, -0.15) is 0 Å². The second-order valence-electron chi connectivity index (χ2n) is 11.6. The average Bonchev–Trinajstić information content (AvgIpc) is 2.83. The van der Waals surface area contributed by atoms with E-state index in [-0.39, 0.29) is 0 Å². The number of alkyl halides is 1. The van der Waals surface area contributed by atoms with Gasteiger partial charge in [0.1, 0.15) is 6.17 Å². The van der Waals surface area contributed by atoms with Crippen LogP contribution in [0, 0.1) is 35.5 Å². The van der Waals surface area contributed by atoms with E-state index in [0.29, 0.717) is 12.8 Å².